The second-order valence-electron chi connectivity index (χ2n) is 3.94. The average Bonchev–Trinajstić information content (AvgIpc) is 2.88. The minimum absolute atomic E-state index is 0.217. The number of hydrogen-bond donors (Lipinski definition) is 2. The van der Waals surface area contributed by atoms with Crippen molar-refractivity contribution in [2.75, 3.05) is 18.8 Å². The molecule has 0 radical (unpaired) electrons. The molecule has 14 heavy (non-hydrogen) atoms. The fourth-order valence-corrected chi connectivity index (χ4v) is 2.49. The highest BCUT2D eigenvalue weighted by molar-refractivity contribution is 7.89. The third-order valence-electron chi connectivity index (χ3n) is 2.44. The zero-order valence-electron chi connectivity index (χ0n) is 8.54. The highest BCUT2D eigenvalue weighted by Crippen LogP contribution is 2.31. The normalized spacial score (nSPS) is 17.2. The van der Waals surface area contributed by atoms with Crippen molar-refractivity contribution >= 4 is 10.0 Å². The van der Waals surface area contributed by atoms with Gasteiger partial charge in [0.05, 0.1) is 5.75 Å². The molecule has 0 unspecified atom stereocenters. The van der Waals surface area contributed by atoms with Gasteiger partial charge in [-0.25, -0.2) is 13.1 Å². The molecule has 0 aromatic rings. The van der Waals surface area contributed by atoms with Gasteiger partial charge in [0.25, 0.3) is 0 Å². The zero-order chi connectivity index (χ0) is 10.4. The van der Waals surface area contributed by atoms with Crippen molar-refractivity contribution in [2.45, 2.75) is 32.1 Å². The van der Waals surface area contributed by atoms with Crippen molar-refractivity contribution in [3.63, 3.8) is 0 Å². The Morgan fingerprint density at radius 3 is 2.57 bits per heavy atom. The molecule has 0 saturated heterocycles. The number of unbranched alkanes of at least 4 members (excludes halogenated alkanes) is 1. The van der Waals surface area contributed by atoms with Crippen molar-refractivity contribution in [2.24, 2.45) is 11.7 Å². The van der Waals surface area contributed by atoms with Crippen LogP contribution >= 0.6 is 0 Å². The lowest BCUT2D eigenvalue weighted by atomic mass is 10.3. The molecule has 0 aliphatic heterocycles. The van der Waals surface area contributed by atoms with Gasteiger partial charge in [0.1, 0.15) is 0 Å². The molecule has 5 heteroatoms. The summed E-state index contributed by atoms with van der Waals surface area (Å²) in [6.07, 6.45) is 4.98. The molecule has 1 rings (SSSR count). The minimum Gasteiger partial charge on any atom is -0.330 e. The Balaban J connectivity index is 2.06. The first-order valence-electron chi connectivity index (χ1n) is 5.31. The van der Waals surface area contributed by atoms with Crippen LogP contribution in [0.2, 0.25) is 0 Å². The van der Waals surface area contributed by atoms with Crippen LogP contribution in [0.4, 0.5) is 0 Å². The SMILES string of the molecule is NCCCCS(=O)(=O)NCCC1CC1. The molecule has 0 aromatic heterocycles. The van der Waals surface area contributed by atoms with E-state index in [1.165, 1.54) is 12.8 Å². The number of nitrogens with two attached hydrogens (primary N) is 1. The lowest BCUT2D eigenvalue weighted by Gasteiger charge is -2.05. The van der Waals surface area contributed by atoms with Crippen molar-refractivity contribution in [1.82, 2.24) is 4.72 Å². The molecule has 1 fully saturated rings. The first-order chi connectivity index (χ1) is 6.64. The van der Waals surface area contributed by atoms with Gasteiger partial charge < -0.3 is 5.73 Å². The van der Waals surface area contributed by atoms with Crippen LogP contribution in [-0.4, -0.2) is 27.3 Å². The van der Waals surface area contributed by atoms with Gasteiger partial charge in [-0.05, 0) is 31.7 Å². The van der Waals surface area contributed by atoms with Crippen molar-refractivity contribution in [3.05, 3.63) is 0 Å². The Morgan fingerprint density at radius 1 is 1.29 bits per heavy atom. The summed E-state index contributed by atoms with van der Waals surface area (Å²) in [6.45, 7) is 1.17. The van der Waals surface area contributed by atoms with Crippen LogP contribution in [0, 0.1) is 5.92 Å². The Kier molecular flexibility index (Phi) is 4.84. The molecule has 1 aliphatic rings. The summed E-state index contributed by atoms with van der Waals surface area (Å²) in [5.74, 6) is 0.997. The fourth-order valence-electron chi connectivity index (χ4n) is 1.33. The Bertz CT molecular complexity index is 248. The number of nitrogens with one attached hydrogen (secondary N) is 1. The number of rotatable bonds is 8. The van der Waals surface area contributed by atoms with Crippen LogP contribution < -0.4 is 10.5 Å². The standard InChI is InChI=1S/C9H20N2O2S/c10-6-1-2-8-14(12,13)11-7-5-9-3-4-9/h9,11H,1-8,10H2. The third kappa shape index (κ3) is 5.57. The summed E-state index contributed by atoms with van der Waals surface area (Å²) in [7, 11) is -3.03. The molecule has 0 spiro atoms. The molecule has 3 N–H and O–H groups in total. The maximum Gasteiger partial charge on any atom is 0.211 e. The lowest BCUT2D eigenvalue weighted by molar-refractivity contribution is 0.571. The van der Waals surface area contributed by atoms with Gasteiger partial charge >= 0.3 is 0 Å². The fraction of sp³-hybridized carbons (Fsp3) is 1.00. The largest absolute Gasteiger partial charge is 0.330 e. The first kappa shape index (κ1) is 11.9. The monoisotopic (exact) mass is 220 g/mol. The van der Waals surface area contributed by atoms with Crippen LogP contribution in [0.25, 0.3) is 0 Å². The maximum absolute atomic E-state index is 11.4. The molecule has 1 aliphatic carbocycles. The van der Waals surface area contributed by atoms with Crippen molar-refractivity contribution in [1.29, 1.82) is 0 Å². The van der Waals surface area contributed by atoms with E-state index in [1.807, 2.05) is 0 Å². The second kappa shape index (κ2) is 5.68. The van der Waals surface area contributed by atoms with Gasteiger partial charge in [-0.1, -0.05) is 12.8 Å². The van der Waals surface area contributed by atoms with Crippen molar-refractivity contribution in [3.8, 4) is 0 Å². The molecule has 0 atom stereocenters. The Hall–Kier alpha value is -0.130. The predicted octanol–water partition coefficient (Wildman–Crippen LogP) is 0.445. The Labute approximate surface area is 86.3 Å². The molecular weight excluding hydrogens is 200 g/mol. The Morgan fingerprint density at radius 2 is 2.00 bits per heavy atom. The summed E-state index contributed by atoms with van der Waals surface area (Å²) in [4.78, 5) is 0. The molecule has 4 nitrogen and oxygen atoms in total. The maximum atomic E-state index is 11.4. The van der Waals surface area contributed by atoms with E-state index in [9.17, 15) is 8.42 Å². The van der Waals surface area contributed by atoms with E-state index in [0.29, 0.717) is 19.5 Å². The van der Waals surface area contributed by atoms with Crippen LogP contribution in [0.15, 0.2) is 0 Å². The quantitative estimate of drug-likeness (QED) is 0.583. The second-order valence-corrected chi connectivity index (χ2v) is 5.87. The van der Waals surface area contributed by atoms with Gasteiger partial charge in [-0.3, -0.25) is 0 Å². The zero-order valence-corrected chi connectivity index (χ0v) is 9.35. The molecular formula is C9H20N2O2S. The van der Waals surface area contributed by atoms with Gasteiger partial charge in [0, 0.05) is 6.54 Å². The smallest absolute Gasteiger partial charge is 0.211 e. The van der Waals surface area contributed by atoms with Crippen LogP contribution in [-0.2, 0) is 10.0 Å². The molecule has 0 amide bonds. The summed E-state index contributed by atoms with van der Waals surface area (Å²) >= 11 is 0. The van der Waals surface area contributed by atoms with E-state index in [-0.39, 0.29) is 5.75 Å². The van der Waals surface area contributed by atoms with E-state index in [4.69, 9.17) is 5.73 Å². The first-order valence-corrected chi connectivity index (χ1v) is 6.96. The van der Waals surface area contributed by atoms with Gasteiger partial charge in [-0.15, -0.1) is 0 Å². The molecule has 1 saturated carbocycles. The van der Waals surface area contributed by atoms with Gasteiger partial charge in [0.2, 0.25) is 10.0 Å². The van der Waals surface area contributed by atoms with Gasteiger partial charge in [0.15, 0.2) is 0 Å². The number of hydrogen-bond acceptors (Lipinski definition) is 3. The molecule has 0 heterocycles. The van der Waals surface area contributed by atoms with Crippen LogP contribution in [0.1, 0.15) is 32.1 Å². The van der Waals surface area contributed by atoms with E-state index >= 15 is 0 Å². The minimum atomic E-state index is -3.03. The van der Waals surface area contributed by atoms with Gasteiger partial charge in [-0.2, -0.15) is 0 Å². The van der Waals surface area contributed by atoms with Crippen LogP contribution in [0.5, 0.6) is 0 Å². The lowest BCUT2D eigenvalue weighted by Crippen LogP contribution is -2.27. The molecule has 0 bridgehead atoms. The van der Waals surface area contributed by atoms with E-state index in [1.54, 1.807) is 0 Å². The van der Waals surface area contributed by atoms with Crippen molar-refractivity contribution < 1.29 is 8.42 Å². The summed E-state index contributed by atoms with van der Waals surface area (Å²) < 4.78 is 25.3. The predicted molar refractivity (Wildman–Crippen MR) is 57.4 cm³/mol. The summed E-state index contributed by atoms with van der Waals surface area (Å²) in [6, 6.07) is 0. The van der Waals surface area contributed by atoms with Crippen LogP contribution in [0.3, 0.4) is 0 Å². The average molecular weight is 220 g/mol. The van der Waals surface area contributed by atoms with E-state index < -0.39 is 10.0 Å². The molecule has 84 valence electrons. The highest BCUT2D eigenvalue weighted by Gasteiger charge is 2.21. The topological polar surface area (TPSA) is 72.2 Å². The summed E-state index contributed by atoms with van der Waals surface area (Å²) in [5, 5.41) is 0. The highest BCUT2D eigenvalue weighted by atomic mass is 32.2. The van der Waals surface area contributed by atoms with E-state index in [2.05, 4.69) is 4.72 Å². The summed E-state index contributed by atoms with van der Waals surface area (Å²) in [5.41, 5.74) is 5.29. The molecule has 0 aromatic carbocycles. The number of sulfonamides is 1. The third-order valence-corrected chi connectivity index (χ3v) is 3.91. The van der Waals surface area contributed by atoms with E-state index in [0.717, 1.165) is 18.8 Å².